The first-order chi connectivity index (χ1) is 17.6. The van der Waals surface area contributed by atoms with Gasteiger partial charge in [0.05, 0.1) is 6.07 Å². The fourth-order valence-electron chi connectivity index (χ4n) is 6.61. The van der Waals surface area contributed by atoms with E-state index in [0.717, 1.165) is 25.7 Å². The molecule has 0 bridgehead atoms. The Balaban J connectivity index is 1.29. The number of hydrogen-bond donors (Lipinski definition) is 3. The Kier molecular flexibility index (Phi) is 6.05. The molecule has 5 aliphatic rings. The number of nitrogens with zero attached hydrogens (tertiary/aromatic N) is 2. The van der Waals surface area contributed by atoms with Crippen molar-refractivity contribution in [1.29, 1.82) is 5.26 Å². The third-order valence-corrected chi connectivity index (χ3v) is 9.67. The quantitative estimate of drug-likeness (QED) is 0.464. The molecule has 0 aromatic heterocycles. The van der Waals surface area contributed by atoms with Crippen LogP contribution < -0.4 is 16.0 Å². The number of piperidine rings is 1. The van der Waals surface area contributed by atoms with Gasteiger partial charge in [0.1, 0.15) is 23.7 Å². The number of likely N-dealkylation sites (tertiary alicyclic amines) is 1. The number of carbonyl (C=O) groups is 4. The summed E-state index contributed by atoms with van der Waals surface area (Å²) in [6, 6.07) is -0.286. The van der Waals surface area contributed by atoms with E-state index in [2.05, 4.69) is 35.9 Å². The van der Waals surface area contributed by atoms with E-state index in [0.29, 0.717) is 13.0 Å². The van der Waals surface area contributed by atoms with Crippen molar-refractivity contribution in [2.45, 2.75) is 109 Å². The maximum atomic E-state index is 13.9. The van der Waals surface area contributed by atoms with Gasteiger partial charge in [0, 0.05) is 18.0 Å². The fourth-order valence-corrected chi connectivity index (χ4v) is 6.61. The molecule has 2 heterocycles. The highest BCUT2D eigenvalue weighted by Gasteiger charge is 2.70. The number of nitriles is 1. The molecule has 208 valence electrons. The number of amides is 4. The van der Waals surface area contributed by atoms with E-state index in [1.807, 2.05) is 27.7 Å². The lowest BCUT2D eigenvalue weighted by Gasteiger charge is -2.37. The van der Waals surface area contributed by atoms with Crippen molar-refractivity contribution in [3.05, 3.63) is 0 Å². The van der Waals surface area contributed by atoms with Crippen molar-refractivity contribution in [2.24, 2.45) is 28.6 Å². The van der Waals surface area contributed by atoms with Crippen molar-refractivity contribution >= 4 is 23.8 Å². The average molecular weight is 528 g/mol. The highest BCUT2D eigenvalue weighted by Crippen LogP contribution is 2.65. The van der Waals surface area contributed by atoms with Gasteiger partial charge in [-0.25, -0.2) is 4.79 Å². The molecule has 2 aliphatic heterocycles. The van der Waals surface area contributed by atoms with Crippen molar-refractivity contribution in [2.75, 3.05) is 6.54 Å². The minimum absolute atomic E-state index is 0.0340. The van der Waals surface area contributed by atoms with Gasteiger partial charge < -0.3 is 25.6 Å². The van der Waals surface area contributed by atoms with Gasteiger partial charge in [-0.05, 0) is 68.1 Å². The monoisotopic (exact) mass is 527 g/mol. The first-order valence-electron chi connectivity index (χ1n) is 13.9. The first kappa shape index (κ1) is 26.8. The molecule has 5 fully saturated rings. The zero-order valence-electron chi connectivity index (χ0n) is 23.3. The molecule has 4 amide bonds. The number of ether oxygens (including phenoxy) is 1. The number of alkyl carbamates (subject to hydrolysis) is 1. The molecule has 0 aromatic carbocycles. The third kappa shape index (κ3) is 4.85. The summed E-state index contributed by atoms with van der Waals surface area (Å²) in [5.74, 6) is -0.919. The molecular weight excluding hydrogens is 486 g/mol. The topological polar surface area (TPSA) is 141 Å². The van der Waals surface area contributed by atoms with E-state index in [4.69, 9.17) is 4.74 Å². The van der Waals surface area contributed by atoms with Crippen molar-refractivity contribution < 1.29 is 23.9 Å². The van der Waals surface area contributed by atoms with E-state index in [9.17, 15) is 24.4 Å². The van der Waals surface area contributed by atoms with Gasteiger partial charge >= 0.3 is 6.09 Å². The Labute approximate surface area is 224 Å². The summed E-state index contributed by atoms with van der Waals surface area (Å²) in [6.07, 6.45) is 3.84. The van der Waals surface area contributed by atoms with Crippen LogP contribution in [0.5, 0.6) is 0 Å². The van der Waals surface area contributed by atoms with Crippen LogP contribution in [0.2, 0.25) is 0 Å². The Bertz CT molecular complexity index is 1100. The maximum absolute atomic E-state index is 13.9. The van der Waals surface area contributed by atoms with Crippen LogP contribution in [-0.4, -0.2) is 64.5 Å². The number of nitrogens with one attached hydrogen (secondary N) is 3. The fraction of sp³-hybridized carbons (Fsp3) is 0.821. The van der Waals surface area contributed by atoms with Crippen LogP contribution in [0.1, 0.15) is 80.1 Å². The second-order valence-corrected chi connectivity index (χ2v) is 14.3. The zero-order chi connectivity index (χ0) is 27.8. The molecular formula is C28H41N5O5. The largest absolute Gasteiger partial charge is 0.443 e. The van der Waals surface area contributed by atoms with Gasteiger partial charge in [-0.3, -0.25) is 14.4 Å². The van der Waals surface area contributed by atoms with Crippen LogP contribution >= 0.6 is 0 Å². The van der Waals surface area contributed by atoms with Gasteiger partial charge in [-0.2, -0.15) is 5.26 Å². The van der Waals surface area contributed by atoms with E-state index in [-0.39, 0.29) is 52.8 Å². The molecule has 0 aromatic rings. The second kappa shape index (κ2) is 8.59. The molecule has 3 N–H and O–H groups in total. The average Bonchev–Trinajstić information content (AvgIpc) is 3.73. The van der Waals surface area contributed by atoms with Crippen molar-refractivity contribution in [3.8, 4) is 6.07 Å². The van der Waals surface area contributed by atoms with Gasteiger partial charge in [0.25, 0.3) is 0 Å². The standard InChI is InChI=1S/C28H41N5O5/c1-25(2,3)20(31-24(37)38-27(6)7-8-27)23(36)33-14-17-18(26(17,4)5)19(33)22(35)30-16(13-29)11-15-12-28(9-10-28)32-21(15)34/h15-20H,7-12,14H2,1-6H3,(H,30,35)(H,31,37)(H,32,34)/t15-,16+,17+,18+,19+,20-/m1/s1. The van der Waals surface area contributed by atoms with E-state index in [1.165, 1.54) is 0 Å². The summed E-state index contributed by atoms with van der Waals surface area (Å²) in [7, 11) is 0. The minimum atomic E-state index is -0.878. The maximum Gasteiger partial charge on any atom is 0.408 e. The summed E-state index contributed by atoms with van der Waals surface area (Å²) in [5.41, 5.74) is -1.29. The molecule has 1 spiro atoms. The van der Waals surface area contributed by atoms with Crippen LogP contribution in [0, 0.1) is 39.9 Å². The number of hydrogen-bond acceptors (Lipinski definition) is 6. The summed E-state index contributed by atoms with van der Waals surface area (Å²) in [4.78, 5) is 54.2. The zero-order valence-corrected chi connectivity index (χ0v) is 23.3. The highest BCUT2D eigenvalue weighted by molar-refractivity contribution is 5.93. The lowest BCUT2D eigenvalue weighted by atomic mass is 9.85. The molecule has 3 saturated carbocycles. The van der Waals surface area contributed by atoms with E-state index < -0.39 is 35.2 Å². The SMILES string of the molecule is CC1(OC(=O)N[C@H](C(=O)N2C[C@H]3[C@@H]([C@H]2C(=O)N[C@H](C#N)C[C@@H]2CC4(CC4)NC2=O)C3(C)C)C(C)(C)C)CC1. The predicted molar refractivity (Wildman–Crippen MR) is 137 cm³/mol. The van der Waals surface area contributed by atoms with Gasteiger partial charge in [0.2, 0.25) is 17.7 Å². The van der Waals surface area contributed by atoms with Gasteiger partial charge in [0.15, 0.2) is 0 Å². The molecule has 6 atom stereocenters. The number of carbonyl (C=O) groups excluding carboxylic acids is 4. The van der Waals surface area contributed by atoms with Crippen LogP contribution in [0.4, 0.5) is 4.79 Å². The highest BCUT2D eigenvalue weighted by atomic mass is 16.6. The number of rotatable bonds is 7. The lowest BCUT2D eigenvalue weighted by molar-refractivity contribution is -0.144. The summed E-state index contributed by atoms with van der Waals surface area (Å²) in [5, 5.41) is 18.5. The van der Waals surface area contributed by atoms with Crippen LogP contribution in [0.15, 0.2) is 0 Å². The van der Waals surface area contributed by atoms with Crippen LogP contribution in [0.25, 0.3) is 0 Å². The Morgan fingerprint density at radius 2 is 1.82 bits per heavy atom. The molecule has 10 nitrogen and oxygen atoms in total. The van der Waals surface area contributed by atoms with Crippen molar-refractivity contribution in [3.63, 3.8) is 0 Å². The summed E-state index contributed by atoms with van der Waals surface area (Å²) >= 11 is 0. The molecule has 5 rings (SSSR count). The van der Waals surface area contributed by atoms with E-state index >= 15 is 0 Å². The molecule has 0 radical (unpaired) electrons. The molecule has 10 heteroatoms. The molecule has 0 unspecified atom stereocenters. The second-order valence-electron chi connectivity index (χ2n) is 14.3. The van der Waals surface area contributed by atoms with Crippen molar-refractivity contribution in [1.82, 2.24) is 20.9 Å². The first-order valence-corrected chi connectivity index (χ1v) is 13.9. The van der Waals surface area contributed by atoms with Crippen LogP contribution in [-0.2, 0) is 19.1 Å². The van der Waals surface area contributed by atoms with Gasteiger partial charge in [-0.1, -0.05) is 34.6 Å². The Morgan fingerprint density at radius 1 is 1.16 bits per heavy atom. The van der Waals surface area contributed by atoms with E-state index in [1.54, 1.807) is 4.90 Å². The normalized spacial score (nSPS) is 32.3. The molecule has 2 saturated heterocycles. The lowest BCUT2D eigenvalue weighted by Crippen LogP contribution is -2.60. The number of fused-ring (bicyclic) bond motifs is 1. The van der Waals surface area contributed by atoms with Crippen LogP contribution in [0.3, 0.4) is 0 Å². The summed E-state index contributed by atoms with van der Waals surface area (Å²) < 4.78 is 5.51. The molecule has 38 heavy (non-hydrogen) atoms. The minimum Gasteiger partial charge on any atom is -0.443 e. The van der Waals surface area contributed by atoms with Gasteiger partial charge in [-0.15, -0.1) is 0 Å². The Morgan fingerprint density at radius 3 is 2.34 bits per heavy atom. The third-order valence-electron chi connectivity index (χ3n) is 9.67. The predicted octanol–water partition coefficient (Wildman–Crippen LogP) is 2.23. The smallest absolute Gasteiger partial charge is 0.408 e. The summed E-state index contributed by atoms with van der Waals surface area (Å²) in [6.45, 7) is 12.1. The Hall–Kier alpha value is -2.83. The molecule has 3 aliphatic carbocycles.